The third-order valence-electron chi connectivity index (χ3n) is 1.69. The SMILES string of the molecule is CC(C)(O)Cc1cccc(Br)c1O. The number of rotatable bonds is 2. The minimum absolute atomic E-state index is 0.213. The van der Waals surface area contributed by atoms with Gasteiger partial charge in [-0.1, -0.05) is 12.1 Å². The van der Waals surface area contributed by atoms with Gasteiger partial charge in [-0.05, 0) is 41.4 Å². The van der Waals surface area contributed by atoms with Gasteiger partial charge >= 0.3 is 0 Å². The predicted molar refractivity (Wildman–Crippen MR) is 55.8 cm³/mol. The maximum Gasteiger partial charge on any atom is 0.133 e. The van der Waals surface area contributed by atoms with Crippen molar-refractivity contribution >= 4 is 15.9 Å². The molecular weight excluding hydrogens is 232 g/mol. The quantitative estimate of drug-likeness (QED) is 0.840. The molecule has 2 nitrogen and oxygen atoms in total. The minimum atomic E-state index is -0.793. The van der Waals surface area contributed by atoms with Gasteiger partial charge in [-0.2, -0.15) is 0 Å². The molecule has 0 unspecified atom stereocenters. The Balaban J connectivity index is 2.96. The number of hydrogen-bond acceptors (Lipinski definition) is 2. The number of benzene rings is 1. The van der Waals surface area contributed by atoms with Crippen LogP contribution in [0, 0.1) is 0 Å². The Bertz CT molecular complexity index is 302. The Morgan fingerprint density at radius 1 is 1.38 bits per heavy atom. The maximum absolute atomic E-state index is 9.60. The number of aliphatic hydroxyl groups is 1. The number of para-hydroxylation sites is 1. The van der Waals surface area contributed by atoms with Gasteiger partial charge in [0.25, 0.3) is 0 Å². The summed E-state index contributed by atoms with van der Waals surface area (Å²) in [5.74, 6) is 0.213. The number of phenols is 1. The molecule has 3 heteroatoms. The molecule has 0 fully saturated rings. The first-order valence-corrected chi connectivity index (χ1v) is 4.88. The summed E-state index contributed by atoms with van der Waals surface area (Å²) in [4.78, 5) is 0. The van der Waals surface area contributed by atoms with Crippen LogP contribution >= 0.6 is 15.9 Å². The van der Waals surface area contributed by atoms with Crippen LogP contribution in [0.25, 0.3) is 0 Å². The molecule has 0 aliphatic rings. The zero-order valence-electron chi connectivity index (χ0n) is 7.71. The minimum Gasteiger partial charge on any atom is -0.506 e. The second-order valence-corrected chi connectivity index (χ2v) is 4.59. The second-order valence-electron chi connectivity index (χ2n) is 3.74. The molecule has 1 aromatic rings. The highest BCUT2D eigenvalue weighted by Crippen LogP contribution is 2.29. The van der Waals surface area contributed by atoms with E-state index in [4.69, 9.17) is 0 Å². The van der Waals surface area contributed by atoms with Crippen molar-refractivity contribution in [2.24, 2.45) is 0 Å². The predicted octanol–water partition coefficient (Wildman–Crippen LogP) is 2.47. The second kappa shape index (κ2) is 3.68. The van der Waals surface area contributed by atoms with Gasteiger partial charge in [0.05, 0.1) is 10.1 Å². The summed E-state index contributed by atoms with van der Waals surface area (Å²) in [6.45, 7) is 3.43. The normalized spacial score (nSPS) is 11.7. The number of halogens is 1. The fourth-order valence-corrected chi connectivity index (χ4v) is 1.58. The van der Waals surface area contributed by atoms with Crippen molar-refractivity contribution in [1.29, 1.82) is 0 Å². The zero-order chi connectivity index (χ0) is 10.1. The lowest BCUT2D eigenvalue weighted by atomic mass is 9.98. The lowest BCUT2D eigenvalue weighted by Crippen LogP contribution is -2.21. The van der Waals surface area contributed by atoms with Crippen LogP contribution in [0.5, 0.6) is 5.75 Å². The van der Waals surface area contributed by atoms with Crippen LogP contribution in [0.4, 0.5) is 0 Å². The van der Waals surface area contributed by atoms with E-state index in [2.05, 4.69) is 15.9 Å². The molecule has 0 amide bonds. The van der Waals surface area contributed by atoms with E-state index >= 15 is 0 Å². The summed E-state index contributed by atoms with van der Waals surface area (Å²) in [6.07, 6.45) is 0.443. The molecule has 13 heavy (non-hydrogen) atoms. The van der Waals surface area contributed by atoms with E-state index in [1.54, 1.807) is 26.0 Å². The average molecular weight is 245 g/mol. The van der Waals surface area contributed by atoms with Crippen molar-refractivity contribution in [1.82, 2.24) is 0 Å². The third kappa shape index (κ3) is 3.01. The van der Waals surface area contributed by atoms with Crippen molar-refractivity contribution in [3.63, 3.8) is 0 Å². The number of aromatic hydroxyl groups is 1. The summed E-state index contributed by atoms with van der Waals surface area (Å²) in [6, 6.07) is 5.41. The van der Waals surface area contributed by atoms with E-state index in [1.807, 2.05) is 6.07 Å². The van der Waals surface area contributed by atoms with Gasteiger partial charge in [-0.25, -0.2) is 0 Å². The van der Waals surface area contributed by atoms with E-state index in [1.165, 1.54) is 0 Å². The monoisotopic (exact) mass is 244 g/mol. The highest BCUT2D eigenvalue weighted by atomic mass is 79.9. The van der Waals surface area contributed by atoms with Crippen molar-refractivity contribution in [3.8, 4) is 5.75 Å². The van der Waals surface area contributed by atoms with Crippen LogP contribution in [-0.2, 0) is 6.42 Å². The van der Waals surface area contributed by atoms with Crippen molar-refractivity contribution in [2.75, 3.05) is 0 Å². The fourth-order valence-electron chi connectivity index (χ4n) is 1.17. The molecule has 72 valence electrons. The topological polar surface area (TPSA) is 40.5 Å². The van der Waals surface area contributed by atoms with E-state index in [0.29, 0.717) is 10.9 Å². The zero-order valence-corrected chi connectivity index (χ0v) is 9.30. The molecule has 0 aliphatic heterocycles. The van der Waals surface area contributed by atoms with Gasteiger partial charge in [0, 0.05) is 6.42 Å². The Kier molecular flexibility index (Phi) is 2.98. The van der Waals surface area contributed by atoms with E-state index in [-0.39, 0.29) is 5.75 Å². The third-order valence-corrected chi connectivity index (χ3v) is 2.33. The molecule has 0 saturated heterocycles. The number of phenolic OH excluding ortho intramolecular Hbond substituents is 1. The van der Waals surface area contributed by atoms with Gasteiger partial charge in [0.15, 0.2) is 0 Å². The first kappa shape index (κ1) is 10.5. The lowest BCUT2D eigenvalue weighted by molar-refractivity contribution is 0.0802. The maximum atomic E-state index is 9.60. The molecule has 1 aromatic carbocycles. The van der Waals surface area contributed by atoms with Crippen LogP contribution in [0.15, 0.2) is 22.7 Å². The van der Waals surface area contributed by atoms with Gasteiger partial charge in [0.1, 0.15) is 5.75 Å². The Morgan fingerprint density at radius 3 is 2.54 bits per heavy atom. The standard InChI is InChI=1S/C10H13BrO2/c1-10(2,13)6-7-4-3-5-8(11)9(7)12/h3-5,12-13H,6H2,1-2H3. The highest BCUT2D eigenvalue weighted by molar-refractivity contribution is 9.10. The molecule has 0 heterocycles. The van der Waals surface area contributed by atoms with Crippen LogP contribution in [0.2, 0.25) is 0 Å². The summed E-state index contributed by atoms with van der Waals surface area (Å²) >= 11 is 3.22. The molecule has 2 N–H and O–H groups in total. The van der Waals surface area contributed by atoms with Crippen molar-refractivity contribution < 1.29 is 10.2 Å². The Morgan fingerprint density at radius 2 is 2.00 bits per heavy atom. The smallest absolute Gasteiger partial charge is 0.133 e. The largest absolute Gasteiger partial charge is 0.506 e. The van der Waals surface area contributed by atoms with Gasteiger partial charge in [-0.15, -0.1) is 0 Å². The fraction of sp³-hybridized carbons (Fsp3) is 0.400. The Labute approximate surface area is 86.3 Å². The summed E-state index contributed by atoms with van der Waals surface area (Å²) in [7, 11) is 0. The van der Waals surface area contributed by atoms with Crippen LogP contribution in [0.1, 0.15) is 19.4 Å². The molecule has 0 radical (unpaired) electrons. The number of hydrogen-bond donors (Lipinski definition) is 2. The van der Waals surface area contributed by atoms with E-state index in [0.717, 1.165) is 5.56 Å². The molecule has 0 aromatic heterocycles. The first-order valence-electron chi connectivity index (χ1n) is 4.09. The highest BCUT2D eigenvalue weighted by Gasteiger charge is 2.16. The average Bonchev–Trinajstić information content (AvgIpc) is 1.96. The van der Waals surface area contributed by atoms with Gasteiger partial charge in [0.2, 0.25) is 0 Å². The summed E-state index contributed by atoms with van der Waals surface area (Å²) < 4.78 is 0.661. The van der Waals surface area contributed by atoms with Crippen LogP contribution in [0.3, 0.4) is 0 Å². The van der Waals surface area contributed by atoms with Crippen molar-refractivity contribution in [2.45, 2.75) is 25.9 Å². The summed E-state index contributed by atoms with van der Waals surface area (Å²) in [5, 5.41) is 19.2. The molecule has 0 saturated carbocycles. The first-order chi connectivity index (χ1) is 5.90. The molecular formula is C10H13BrO2. The van der Waals surface area contributed by atoms with Crippen LogP contribution < -0.4 is 0 Å². The molecule has 0 bridgehead atoms. The van der Waals surface area contributed by atoms with E-state index in [9.17, 15) is 10.2 Å². The van der Waals surface area contributed by atoms with Gasteiger partial charge in [-0.3, -0.25) is 0 Å². The molecule has 1 rings (SSSR count). The molecule has 0 aliphatic carbocycles. The Hall–Kier alpha value is -0.540. The lowest BCUT2D eigenvalue weighted by Gasteiger charge is -2.17. The van der Waals surface area contributed by atoms with E-state index < -0.39 is 5.60 Å². The molecule has 0 atom stereocenters. The summed E-state index contributed by atoms with van der Waals surface area (Å²) in [5.41, 5.74) is -0.0416. The molecule has 0 spiro atoms. The van der Waals surface area contributed by atoms with Crippen LogP contribution in [-0.4, -0.2) is 15.8 Å². The van der Waals surface area contributed by atoms with Crippen molar-refractivity contribution in [3.05, 3.63) is 28.2 Å². The van der Waals surface area contributed by atoms with Gasteiger partial charge < -0.3 is 10.2 Å².